The average molecular weight is 376 g/mol. The topological polar surface area (TPSA) is 55.4 Å². The van der Waals surface area contributed by atoms with Crippen LogP contribution >= 0.6 is 22.5 Å². The smallest absolute Gasteiger partial charge is 0.241 e. The zero-order chi connectivity index (χ0) is 17.3. The van der Waals surface area contributed by atoms with Crippen molar-refractivity contribution in [2.45, 2.75) is 56.1 Å². The summed E-state index contributed by atoms with van der Waals surface area (Å²) >= 11 is 4.16. The third-order valence-electron chi connectivity index (χ3n) is 3.84. The fourth-order valence-corrected chi connectivity index (χ4v) is 4.94. The molecule has 2 rings (SSSR count). The molecule has 4 nitrogen and oxygen atoms in total. The molecule has 1 aromatic carbocycles. The van der Waals surface area contributed by atoms with Gasteiger partial charge in [-0.25, -0.2) is 13.1 Å². The SMILES string of the molecule is COC1(c2cc(CCSS)ccc2S(=O)(=O)NC(C)(C)C)CC1. The average Bonchev–Trinajstić information content (AvgIpc) is 3.23. The Morgan fingerprint density at radius 3 is 2.48 bits per heavy atom. The maximum Gasteiger partial charge on any atom is 0.241 e. The van der Waals surface area contributed by atoms with Crippen molar-refractivity contribution >= 4 is 32.5 Å². The normalized spacial score (nSPS) is 17.3. The first kappa shape index (κ1) is 19.1. The molecule has 23 heavy (non-hydrogen) atoms. The van der Waals surface area contributed by atoms with E-state index in [1.54, 1.807) is 13.2 Å². The van der Waals surface area contributed by atoms with Crippen molar-refractivity contribution in [3.05, 3.63) is 29.3 Å². The summed E-state index contributed by atoms with van der Waals surface area (Å²) < 4.78 is 34.0. The van der Waals surface area contributed by atoms with Crippen molar-refractivity contribution in [1.29, 1.82) is 0 Å². The van der Waals surface area contributed by atoms with Gasteiger partial charge in [-0.05, 0) is 51.7 Å². The third-order valence-corrected chi connectivity index (χ3v) is 6.59. The molecule has 1 fully saturated rings. The second-order valence-corrected chi connectivity index (χ2v) is 10.1. The Balaban J connectivity index is 2.47. The van der Waals surface area contributed by atoms with Gasteiger partial charge in [-0.15, -0.1) is 11.7 Å². The zero-order valence-electron chi connectivity index (χ0n) is 14.0. The summed E-state index contributed by atoms with van der Waals surface area (Å²) in [4.78, 5) is 0.328. The number of ether oxygens (including phenoxy) is 1. The van der Waals surface area contributed by atoms with Crippen LogP contribution in [0.4, 0.5) is 0 Å². The Hall–Kier alpha value is -0.210. The summed E-state index contributed by atoms with van der Waals surface area (Å²) in [7, 11) is -0.458. The number of hydrogen-bond donors (Lipinski definition) is 2. The Labute approximate surface area is 148 Å². The molecule has 0 aromatic heterocycles. The lowest BCUT2D eigenvalue weighted by Gasteiger charge is -2.24. The van der Waals surface area contributed by atoms with Crippen LogP contribution in [-0.2, 0) is 26.8 Å². The Bertz CT molecular complexity index is 662. The van der Waals surface area contributed by atoms with Gasteiger partial charge in [0, 0.05) is 24.0 Å². The molecular formula is C16H25NO3S3. The Morgan fingerprint density at radius 1 is 1.35 bits per heavy atom. The quantitative estimate of drug-likeness (QED) is 0.565. The van der Waals surface area contributed by atoms with Gasteiger partial charge in [0.1, 0.15) is 0 Å². The molecule has 130 valence electrons. The van der Waals surface area contributed by atoms with Crippen LogP contribution in [0.2, 0.25) is 0 Å². The first-order valence-electron chi connectivity index (χ1n) is 7.62. The minimum Gasteiger partial charge on any atom is -0.373 e. The molecule has 0 radical (unpaired) electrons. The van der Waals surface area contributed by atoms with E-state index in [1.807, 2.05) is 32.9 Å². The predicted octanol–water partition coefficient (Wildman–Crippen LogP) is 3.52. The van der Waals surface area contributed by atoms with Crippen LogP contribution in [0.5, 0.6) is 0 Å². The van der Waals surface area contributed by atoms with Gasteiger partial charge in [-0.1, -0.05) is 22.9 Å². The van der Waals surface area contributed by atoms with Gasteiger partial charge in [0.25, 0.3) is 0 Å². The second-order valence-electron chi connectivity index (χ2n) is 6.97. The highest BCUT2D eigenvalue weighted by Crippen LogP contribution is 2.51. The summed E-state index contributed by atoms with van der Waals surface area (Å²) in [5.74, 6) is 0.884. The van der Waals surface area contributed by atoms with Gasteiger partial charge >= 0.3 is 0 Å². The number of benzene rings is 1. The molecule has 1 N–H and O–H groups in total. The molecule has 1 aliphatic rings. The van der Waals surface area contributed by atoms with Crippen LogP contribution in [-0.4, -0.2) is 26.8 Å². The molecule has 7 heteroatoms. The van der Waals surface area contributed by atoms with Crippen molar-refractivity contribution in [3.63, 3.8) is 0 Å². The Morgan fingerprint density at radius 2 is 2.00 bits per heavy atom. The monoisotopic (exact) mass is 375 g/mol. The van der Waals surface area contributed by atoms with Crippen LogP contribution in [0.1, 0.15) is 44.7 Å². The van der Waals surface area contributed by atoms with E-state index >= 15 is 0 Å². The Kier molecular flexibility index (Phi) is 5.78. The molecule has 0 heterocycles. The molecule has 0 bridgehead atoms. The molecule has 1 aromatic rings. The van der Waals surface area contributed by atoms with Crippen LogP contribution in [0, 0.1) is 0 Å². The fourth-order valence-electron chi connectivity index (χ4n) is 2.64. The zero-order valence-corrected chi connectivity index (χ0v) is 16.6. The largest absolute Gasteiger partial charge is 0.373 e. The van der Waals surface area contributed by atoms with Crippen molar-refractivity contribution in [1.82, 2.24) is 4.72 Å². The predicted molar refractivity (Wildman–Crippen MR) is 99.6 cm³/mol. The first-order chi connectivity index (χ1) is 10.6. The molecule has 0 atom stereocenters. The van der Waals surface area contributed by atoms with Crippen LogP contribution in [0.25, 0.3) is 0 Å². The van der Waals surface area contributed by atoms with Gasteiger partial charge in [0.15, 0.2) is 0 Å². The van der Waals surface area contributed by atoms with Crippen molar-refractivity contribution < 1.29 is 13.2 Å². The number of nitrogens with one attached hydrogen (secondary N) is 1. The second kappa shape index (κ2) is 6.96. The number of sulfonamides is 1. The minimum absolute atomic E-state index is 0.328. The molecular weight excluding hydrogens is 350 g/mol. The highest BCUT2D eigenvalue weighted by atomic mass is 33.1. The summed E-state index contributed by atoms with van der Waals surface area (Å²) in [6.45, 7) is 5.52. The summed E-state index contributed by atoms with van der Waals surface area (Å²) in [6, 6.07) is 5.58. The molecule has 1 saturated carbocycles. The fraction of sp³-hybridized carbons (Fsp3) is 0.625. The number of rotatable bonds is 7. The van der Waals surface area contributed by atoms with Gasteiger partial charge in [-0.2, -0.15) is 0 Å². The summed E-state index contributed by atoms with van der Waals surface area (Å²) in [6.07, 6.45) is 2.56. The van der Waals surface area contributed by atoms with E-state index in [2.05, 4.69) is 16.4 Å². The maximum absolute atomic E-state index is 12.8. The summed E-state index contributed by atoms with van der Waals surface area (Å²) in [5, 5.41) is 0. The highest BCUT2D eigenvalue weighted by Gasteiger charge is 2.48. The van der Waals surface area contributed by atoms with E-state index in [0.717, 1.165) is 36.1 Å². The number of methoxy groups -OCH3 is 1. The van der Waals surface area contributed by atoms with Gasteiger partial charge in [0.2, 0.25) is 10.0 Å². The highest BCUT2D eigenvalue weighted by molar-refractivity contribution is 8.68. The van der Waals surface area contributed by atoms with E-state index in [-0.39, 0.29) is 0 Å². The van der Waals surface area contributed by atoms with Crippen LogP contribution < -0.4 is 4.72 Å². The van der Waals surface area contributed by atoms with Gasteiger partial charge in [-0.3, -0.25) is 0 Å². The van der Waals surface area contributed by atoms with E-state index < -0.39 is 21.2 Å². The standard InChI is InChI=1S/C16H25NO3S3/c1-15(2,3)17-23(18,19)14-6-5-12(7-10-22-21)11-13(14)16(20-4)8-9-16/h5-6,11,17,21H,7-10H2,1-4H3. The van der Waals surface area contributed by atoms with Crippen LogP contribution in [0.15, 0.2) is 23.1 Å². The van der Waals surface area contributed by atoms with Crippen molar-refractivity contribution in [2.75, 3.05) is 12.9 Å². The number of hydrogen-bond acceptors (Lipinski definition) is 5. The van der Waals surface area contributed by atoms with E-state index in [9.17, 15) is 8.42 Å². The molecule has 0 unspecified atom stereocenters. The lowest BCUT2D eigenvalue weighted by atomic mass is 10.0. The van der Waals surface area contributed by atoms with Gasteiger partial charge in [0.05, 0.1) is 10.5 Å². The number of aryl methyl sites for hydroxylation is 1. The molecule has 0 spiro atoms. The van der Waals surface area contributed by atoms with E-state index in [4.69, 9.17) is 4.74 Å². The third kappa shape index (κ3) is 4.66. The van der Waals surface area contributed by atoms with E-state index in [1.165, 1.54) is 10.8 Å². The number of thiol groups is 1. The van der Waals surface area contributed by atoms with E-state index in [0.29, 0.717) is 4.90 Å². The summed E-state index contributed by atoms with van der Waals surface area (Å²) in [5.41, 5.74) is 0.908. The van der Waals surface area contributed by atoms with Crippen molar-refractivity contribution in [3.8, 4) is 0 Å². The lowest BCUT2D eigenvalue weighted by molar-refractivity contribution is 0.0764. The lowest BCUT2D eigenvalue weighted by Crippen LogP contribution is -2.41. The molecule has 1 aliphatic carbocycles. The first-order valence-corrected chi connectivity index (χ1v) is 11.1. The van der Waals surface area contributed by atoms with Gasteiger partial charge < -0.3 is 4.74 Å². The van der Waals surface area contributed by atoms with Crippen molar-refractivity contribution in [2.24, 2.45) is 0 Å². The minimum atomic E-state index is -3.59. The molecule has 0 saturated heterocycles. The molecule has 0 aliphatic heterocycles. The van der Waals surface area contributed by atoms with Crippen LogP contribution in [0.3, 0.4) is 0 Å². The molecule has 0 amide bonds. The maximum atomic E-state index is 12.8.